The molecule has 1 aromatic carbocycles. The fraction of sp³-hybridized carbons (Fsp3) is 0.571. The van der Waals surface area contributed by atoms with Gasteiger partial charge in [0, 0.05) is 25.8 Å². The summed E-state index contributed by atoms with van der Waals surface area (Å²) in [7, 11) is 0. The zero-order valence-electron chi connectivity index (χ0n) is 10.3. The highest BCUT2D eigenvalue weighted by Crippen LogP contribution is 2.12. The number of ether oxygens (including phenoxy) is 1. The minimum atomic E-state index is 0.634. The second-order valence-electron chi connectivity index (χ2n) is 4.70. The van der Waals surface area contributed by atoms with Crippen LogP contribution in [0.1, 0.15) is 29.5 Å². The van der Waals surface area contributed by atoms with Crippen molar-refractivity contribution in [2.45, 2.75) is 39.3 Å². The monoisotopic (exact) mass is 219 g/mol. The van der Waals surface area contributed by atoms with Crippen LogP contribution >= 0.6 is 0 Å². The molecule has 16 heavy (non-hydrogen) atoms. The number of hydrogen-bond acceptors (Lipinski definition) is 2. The highest BCUT2D eigenvalue weighted by atomic mass is 16.5. The van der Waals surface area contributed by atoms with Gasteiger partial charge >= 0.3 is 0 Å². The second-order valence-corrected chi connectivity index (χ2v) is 4.70. The summed E-state index contributed by atoms with van der Waals surface area (Å²) in [5, 5.41) is 3.62. The van der Waals surface area contributed by atoms with Crippen molar-refractivity contribution in [1.82, 2.24) is 5.32 Å². The minimum Gasteiger partial charge on any atom is -0.381 e. The molecule has 2 heteroatoms. The van der Waals surface area contributed by atoms with E-state index in [0.29, 0.717) is 6.04 Å². The number of hydrogen-bond donors (Lipinski definition) is 1. The van der Waals surface area contributed by atoms with E-state index in [0.717, 1.165) is 32.6 Å². The van der Waals surface area contributed by atoms with Gasteiger partial charge in [-0.2, -0.15) is 0 Å². The molecule has 0 amide bonds. The first-order valence-corrected chi connectivity index (χ1v) is 6.13. The van der Waals surface area contributed by atoms with E-state index in [4.69, 9.17) is 4.74 Å². The Kier molecular flexibility index (Phi) is 3.97. The standard InChI is InChI=1S/C14H21NO/c1-11-3-4-13(12(2)9-11)10-15-14-5-7-16-8-6-14/h3-4,9,14-15H,5-8,10H2,1-2H3. The third-order valence-electron chi connectivity index (χ3n) is 3.30. The number of aryl methyl sites for hydroxylation is 2. The molecule has 0 aromatic heterocycles. The van der Waals surface area contributed by atoms with Crippen LogP contribution in [0.5, 0.6) is 0 Å². The Labute approximate surface area is 98.0 Å². The van der Waals surface area contributed by atoms with Crippen LogP contribution in [0.4, 0.5) is 0 Å². The first kappa shape index (κ1) is 11.6. The third kappa shape index (κ3) is 3.06. The van der Waals surface area contributed by atoms with Crippen molar-refractivity contribution in [1.29, 1.82) is 0 Å². The highest BCUT2D eigenvalue weighted by Gasteiger charge is 2.12. The summed E-state index contributed by atoms with van der Waals surface area (Å²) in [6.45, 7) is 7.13. The van der Waals surface area contributed by atoms with Crippen molar-refractivity contribution in [3.05, 3.63) is 34.9 Å². The van der Waals surface area contributed by atoms with Crippen LogP contribution in [0, 0.1) is 13.8 Å². The van der Waals surface area contributed by atoms with Crippen LogP contribution < -0.4 is 5.32 Å². The summed E-state index contributed by atoms with van der Waals surface area (Å²) in [6, 6.07) is 7.31. The van der Waals surface area contributed by atoms with Crippen LogP contribution in [-0.4, -0.2) is 19.3 Å². The molecule has 1 aromatic rings. The molecule has 0 radical (unpaired) electrons. The zero-order chi connectivity index (χ0) is 11.4. The van der Waals surface area contributed by atoms with E-state index < -0.39 is 0 Å². The van der Waals surface area contributed by atoms with Crippen LogP contribution in [0.25, 0.3) is 0 Å². The second kappa shape index (κ2) is 5.46. The van der Waals surface area contributed by atoms with Crippen LogP contribution in [-0.2, 0) is 11.3 Å². The molecule has 0 atom stereocenters. The van der Waals surface area contributed by atoms with Crippen molar-refractivity contribution in [3.63, 3.8) is 0 Å². The summed E-state index contributed by atoms with van der Waals surface area (Å²) in [6.07, 6.45) is 2.29. The lowest BCUT2D eigenvalue weighted by atomic mass is 10.0. The Morgan fingerprint density at radius 2 is 2.00 bits per heavy atom. The fourth-order valence-corrected chi connectivity index (χ4v) is 2.20. The van der Waals surface area contributed by atoms with E-state index >= 15 is 0 Å². The normalized spacial score (nSPS) is 17.6. The Balaban J connectivity index is 1.88. The Hall–Kier alpha value is -0.860. The van der Waals surface area contributed by atoms with Crippen LogP contribution in [0.15, 0.2) is 18.2 Å². The van der Waals surface area contributed by atoms with Crippen molar-refractivity contribution in [3.8, 4) is 0 Å². The molecule has 0 bridgehead atoms. The van der Waals surface area contributed by atoms with Crippen molar-refractivity contribution >= 4 is 0 Å². The molecule has 1 N–H and O–H groups in total. The molecule has 0 unspecified atom stereocenters. The van der Waals surface area contributed by atoms with Crippen LogP contribution in [0.3, 0.4) is 0 Å². The van der Waals surface area contributed by atoms with Crippen molar-refractivity contribution in [2.24, 2.45) is 0 Å². The van der Waals surface area contributed by atoms with Gasteiger partial charge in [-0.3, -0.25) is 0 Å². The van der Waals surface area contributed by atoms with E-state index in [1.165, 1.54) is 16.7 Å². The molecule has 1 saturated heterocycles. The Morgan fingerprint density at radius 3 is 2.69 bits per heavy atom. The number of rotatable bonds is 3. The van der Waals surface area contributed by atoms with E-state index in [1.807, 2.05) is 0 Å². The van der Waals surface area contributed by atoms with Gasteiger partial charge in [0.1, 0.15) is 0 Å². The van der Waals surface area contributed by atoms with E-state index in [-0.39, 0.29) is 0 Å². The molecule has 88 valence electrons. The van der Waals surface area contributed by atoms with E-state index in [1.54, 1.807) is 0 Å². The molecule has 1 heterocycles. The molecule has 2 nitrogen and oxygen atoms in total. The van der Waals surface area contributed by atoms with Gasteiger partial charge in [0.15, 0.2) is 0 Å². The lowest BCUT2D eigenvalue weighted by molar-refractivity contribution is 0.0776. The van der Waals surface area contributed by atoms with Gasteiger partial charge in [-0.15, -0.1) is 0 Å². The maximum absolute atomic E-state index is 5.35. The quantitative estimate of drug-likeness (QED) is 0.843. The van der Waals surface area contributed by atoms with Crippen molar-refractivity contribution in [2.75, 3.05) is 13.2 Å². The smallest absolute Gasteiger partial charge is 0.0480 e. The predicted octanol–water partition coefficient (Wildman–Crippen LogP) is 2.57. The SMILES string of the molecule is Cc1ccc(CNC2CCOCC2)c(C)c1. The summed E-state index contributed by atoms with van der Waals surface area (Å²) in [5.74, 6) is 0. The molecule has 2 rings (SSSR count). The largest absolute Gasteiger partial charge is 0.381 e. The number of nitrogens with one attached hydrogen (secondary N) is 1. The molecule has 0 spiro atoms. The Bertz CT molecular complexity index is 343. The molecule has 1 aliphatic heterocycles. The first-order valence-electron chi connectivity index (χ1n) is 6.13. The lowest BCUT2D eigenvalue weighted by Gasteiger charge is -2.23. The van der Waals surface area contributed by atoms with Gasteiger partial charge in [0.05, 0.1) is 0 Å². The first-order chi connectivity index (χ1) is 7.75. The average molecular weight is 219 g/mol. The van der Waals surface area contributed by atoms with Gasteiger partial charge in [-0.05, 0) is 37.8 Å². The zero-order valence-corrected chi connectivity index (χ0v) is 10.3. The van der Waals surface area contributed by atoms with Gasteiger partial charge in [0.25, 0.3) is 0 Å². The molecule has 1 fully saturated rings. The fourth-order valence-electron chi connectivity index (χ4n) is 2.20. The van der Waals surface area contributed by atoms with Gasteiger partial charge < -0.3 is 10.1 Å². The summed E-state index contributed by atoms with van der Waals surface area (Å²) in [4.78, 5) is 0. The average Bonchev–Trinajstić information content (AvgIpc) is 2.29. The van der Waals surface area contributed by atoms with E-state index in [2.05, 4.69) is 37.4 Å². The molecular weight excluding hydrogens is 198 g/mol. The topological polar surface area (TPSA) is 21.3 Å². The van der Waals surface area contributed by atoms with Gasteiger partial charge in [-0.25, -0.2) is 0 Å². The van der Waals surface area contributed by atoms with Gasteiger partial charge in [-0.1, -0.05) is 23.8 Å². The summed E-state index contributed by atoms with van der Waals surface area (Å²) >= 11 is 0. The highest BCUT2D eigenvalue weighted by molar-refractivity contribution is 5.30. The number of benzene rings is 1. The van der Waals surface area contributed by atoms with Gasteiger partial charge in [0.2, 0.25) is 0 Å². The molecule has 0 aliphatic carbocycles. The third-order valence-corrected chi connectivity index (χ3v) is 3.30. The Morgan fingerprint density at radius 1 is 1.25 bits per heavy atom. The summed E-state index contributed by atoms with van der Waals surface area (Å²) in [5.41, 5.74) is 4.14. The van der Waals surface area contributed by atoms with Crippen molar-refractivity contribution < 1.29 is 4.74 Å². The maximum Gasteiger partial charge on any atom is 0.0480 e. The minimum absolute atomic E-state index is 0.634. The molecule has 1 aliphatic rings. The maximum atomic E-state index is 5.35. The lowest BCUT2D eigenvalue weighted by Crippen LogP contribution is -2.34. The molecular formula is C14H21NO. The predicted molar refractivity (Wildman–Crippen MR) is 66.6 cm³/mol. The van der Waals surface area contributed by atoms with E-state index in [9.17, 15) is 0 Å². The van der Waals surface area contributed by atoms with Crippen LogP contribution in [0.2, 0.25) is 0 Å². The summed E-state index contributed by atoms with van der Waals surface area (Å²) < 4.78 is 5.35. The molecule has 0 saturated carbocycles.